The molecule has 0 radical (unpaired) electrons. The van der Waals surface area contributed by atoms with Crippen LogP contribution in [-0.4, -0.2) is 70.3 Å². The number of ether oxygens (including phenoxy) is 1. The molecule has 2 heterocycles. The molecule has 2 aliphatic rings. The number of imide groups is 1. The number of benzene rings is 1. The zero-order valence-electron chi connectivity index (χ0n) is 19.0. The number of amides is 3. The molecule has 3 rings (SSSR count). The Balaban J connectivity index is 0.000000414. The molecule has 2 unspecified atom stereocenters. The van der Waals surface area contributed by atoms with Crippen molar-refractivity contribution in [2.75, 3.05) is 7.05 Å². The fourth-order valence-electron chi connectivity index (χ4n) is 4.07. The number of rotatable bonds is 6. The molecular weight excluding hydrogens is 430 g/mol. The molecule has 10 nitrogen and oxygen atoms in total. The SMILES string of the molecule is CC(C)Oc1ccccc1C(=O)NC(=O)NC1CC2CCC(C1)N2C.O=C(O)/C=C\C(=O)O. The number of hydrogen-bond donors (Lipinski definition) is 4. The van der Waals surface area contributed by atoms with Crippen molar-refractivity contribution >= 4 is 23.9 Å². The third kappa shape index (κ3) is 8.23. The Labute approximate surface area is 192 Å². The highest BCUT2D eigenvalue weighted by molar-refractivity contribution is 6.05. The number of fused-ring (bicyclic) bond motifs is 2. The van der Waals surface area contributed by atoms with Crippen LogP contribution >= 0.6 is 0 Å². The van der Waals surface area contributed by atoms with Gasteiger partial charge in [-0.3, -0.25) is 10.1 Å². The molecule has 2 fully saturated rings. The van der Waals surface area contributed by atoms with Gasteiger partial charge in [0, 0.05) is 30.3 Å². The van der Waals surface area contributed by atoms with E-state index in [0.29, 0.717) is 35.5 Å². The fraction of sp³-hybridized carbons (Fsp3) is 0.478. The van der Waals surface area contributed by atoms with Gasteiger partial charge < -0.3 is 25.2 Å². The summed E-state index contributed by atoms with van der Waals surface area (Å²) in [6.45, 7) is 3.80. The van der Waals surface area contributed by atoms with Gasteiger partial charge in [-0.2, -0.15) is 0 Å². The van der Waals surface area contributed by atoms with Gasteiger partial charge in [0.1, 0.15) is 5.75 Å². The zero-order valence-corrected chi connectivity index (χ0v) is 19.0. The molecule has 33 heavy (non-hydrogen) atoms. The number of carbonyl (C=O) groups excluding carboxylic acids is 2. The van der Waals surface area contributed by atoms with Crippen LogP contribution in [0.4, 0.5) is 4.79 Å². The normalized spacial score (nSPS) is 21.8. The maximum absolute atomic E-state index is 12.4. The van der Waals surface area contributed by atoms with E-state index >= 15 is 0 Å². The van der Waals surface area contributed by atoms with Gasteiger partial charge in [0.2, 0.25) is 0 Å². The summed E-state index contributed by atoms with van der Waals surface area (Å²) in [4.78, 5) is 46.2. The highest BCUT2D eigenvalue weighted by Crippen LogP contribution is 2.34. The van der Waals surface area contributed by atoms with E-state index < -0.39 is 23.9 Å². The van der Waals surface area contributed by atoms with Gasteiger partial charge in [0.15, 0.2) is 0 Å². The highest BCUT2D eigenvalue weighted by atomic mass is 16.5. The molecule has 2 atom stereocenters. The Kier molecular flexibility index (Phi) is 9.41. The van der Waals surface area contributed by atoms with Gasteiger partial charge in [-0.15, -0.1) is 0 Å². The van der Waals surface area contributed by atoms with Gasteiger partial charge in [0.05, 0.1) is 11.7 Å². The molecule has 0 aromatic heterocycles. The van der Waals surface area contributed by atoms with Crippen molar-refractivity contribution < 1.29 is 34.1 Å². The summed E-state index contributed by atoms with van der Waals surface area (Å²) in [7, 11) is 2.16. The standard InChI is InChI=1S/C19H27N3O3.C4H4O4/c1-12(2)25-17-7-5-4-6-16(17)18(23)21-19(24)20-13-10-14-8-9-15(11-13)22(14)3;5-3(6)1-2-4(7)8/h4-7,12-15H,8-11H2,1-3H3,(H2,20,21,23,24);1-2H,(H,5,6)(H,7,8)/b;2-1-. The van der Waals surface area contributed by atoms with Gasteiger partial charge in [0.25, 0.3) is 5.91 Å². The number of urea groups is 1. The predicted molar refractivity (Wildman–Crippen MR) is 120 cm³/mol. The van der Waals surface area contributed by atoms with Crippen LogP contribution in [0.3, 0.4) is 0 Å². The van der Waals surface area contributed by atoms with Crippen LogP contribution in [0.2, 0.25) is 0 Å². The van der Waals surface area contributed by atoms with Crippen LogP contribution < -0.4 is 15.4 Å². The summed E-state index contributed by atoms with van der Waals surface area (Å²) in [6, 6.07) is 7.75. The Morgan fingerprint density at radius 1 is 1.03 bits per heavy atom. The van der Waals surface area contributed by atoms with E-state index in [-0.39, 0.29) is 12.1 Å². The van der Waals surface area contributed by atoms with Gasteiger partial charge >= 0.3 is 18.0 Å². The number of para-hydroxylation sites is 1. The first-order valence-corrected chi connectivity index (χ1v) is 10.8. The quantitative estimate of drug-likeness (QED) is 0.472. The number of carboxylic acids is 2. The van der Waals surface area contributed by atoms with E-state index in [1.54, 1.807) is 18.2 Å². The molecule has 0 spiro atoms. The van der Waals surface area contributed by atoms with Crippen LogP contribution in [0.15, 0.2) is 36.4 Å². The molecule has 180 valence electrons. The first-order chi connectivity index (χ1) is 15.6. The number of piperidine rings is 1. The van der Waals surface area contributed by atoms with Crippen LogP contribution in [0.25, 0.3) is 0 Å². The Bertz CT molecular complexity index is 870. The van der Waals surface area contributed by atoms with Crippen molar-refractivity contribution in [3.05, 3.63) is 42.0 Å². The Morgan fingerprint density at radius 3 is 2.09 bits per heavy atom. The first-order valence-electron chi connectivity index (χ1n) is 10.8. The van der Waals surface area contributed by atoms with Crippen molar-refractivity contribution in [3.63, 3.8) is 0 Å². The van der Waals surface area contributed by atoms with E-state index in [9.17, 15) is 19.2 Å². The maximum atomic E-state index is 12.4. The van der Waals surface area contributed by atoms with E-state index in [0.717, 1.165) is 12.8 Å². The summed E-state index contributed by atoms with van der Waals surface area (Å²) in [5, 5.41) is 21.0. The van der Waals surface area contributed by atoms with E-state index in [4.69, 9.17) is 14.9 Å². The number of aliphatic carboxylic acids is 2. The smallest absolute Gasteiger partial charge is 0.328 e. The molecule has 1 aromatic rings. The van der Waals surface area contributed by atoms with E-state index in [1.807, 2.05) is 19.9 Å². The molecule has 0 saturated carbocycles. The highest BCUT2D eigenvalue weighted by Gasteiger charge is 2.38. The topological polar surface area (TPSA) is 145 Å². The zero-order chi connectivity index (χ0) is 24.5. The second-order valence-electron chi connectivity index (χ2n) is 8.32. The molecule has 2 saturated heterocycles. The molecule has 2 bridgehead atoms. The molecule has 3 amide bonds. The molecule has 10 heteroatoms. The number of hydrogen-bond acceptors (Lipinski definition) is 6. The lowest BCUT2D eigenvalue weighted by Crippen LogP contribution is -2.51. The van der Waals surface area contributed by atoms with Gasteiger partial charge in [-0.05, 0) is 58.7 Å². The molecular formula is C23H31N3O7. The summed E-state index contributed by atoms with van der Waals surface area (Å²) in [5.41, 5.74) is 0.370. The summed E-state index contributed by atoms with van der Waals surface area (Å²) in [6.07, 6.45) is 5.35. The lowest BCUT2D eigenvalue weighted by Gasteiger charge is -2.36. The van der Waals surface area contributed by atoms with E-state index in [2.05, 4.69) is 22.6 Å². The largest absolute Gasteiger partial charge is 0.490 e. The Hall–Kier alpha value is -3.40. The van der Waals surface area contributed by atoms with Gasteiger partial charge in [-0.1, -0.05) is 12.1 Å². The summed E-state index contributed by atoms with van der Waals surface area (Å²) in [5.74, 6) is -2.47. The molecule has 0 aliphatic carbocycles. The molecule has 2 aliphatic heterocycles. The van der Waals surface area contributed by atoms with Crippen LogP contribution in [0.5, 0.6) is 5.75 Å². The van der Waals surface area contributed by atoms with Crippen molar-refractivity contribution in [1.29, 1.82) is 0 Å². The van der Waals surface area contributed by atoms with Gasteiger partial charge in [-0.25, -0.2) is 14.4 Å². The lowest BCUT2D eigenvalue weighted by molar-refractivity contribution is -0.134. The lowest BCUT2D eigenvalue weighted by atomic mass is 9.98. The third-order valence-corrected chi connectivity index (χ3v) is 5.52. The monoisotopic (exact) mass is 461 g/mol. The van der Waals surface area contributed by atoms with Crippen molar-refractivity contribution in [2.45, 2.75) is 63.8 Å². The predicted octanol–water partition coefficient (Wildman–Crippen LogP) is 2.25. The van der Waals surface area contributed by atoms with E-state index in [1.165, 1.54) is 12.8 Å². The van der Waals surface area contributed by atoms with Crippen LogP contribution in [-0.2, 0) is 9.59 Å². The fourth-order valence-corrected chi connectivity index (χ4v) is 4.07. The summed E-state index contributed by atoms with van der Waals surface area (Å²) < 4.78 is 5.65. The average Bonchev–Trinajstić information content (AvgIpc) is 2.93. The second kappa shape index (κ2) is 12.0. The average molecular weight is 462 g/mol. The third-order valence-electron chi connectivity index (χ3n) is 5.52. The second-order valence-corrected chi connectivity index (χ2v) is 8.32. The van der Waals surface area contributed by atoms with Crippen molar-refractivity contribution in [2.24, 2.45) is 0 Å². The maximum Gasteiger partial charge on any atom is 0.328 e. The first kappa shape index (κ1) is 25.9. The molecule has 4 N–H and O–H groups in total. The number of nitrogens with one attached hydrogen (secondary N) is 2. The number of carboxylic acid groups (broad SMARTS) is 2. The van der Waals surface area contributed by atoms with Crippen LogP contribution in [0.1, 0.15) is 49.9 Å². The van der Waals surface area contributed by atoms with Crippen molar-refractivity contribution in [3.8, 4) is 5.75 Å². The summed E-state index contributed by atoms with van der Waals surface area (Å²) >= 11 is 0. The minimum atomic E-state index is -1.26. The number of nitrogens with zero attached hydrogens (tertiary/aromatic N) is 1. The number of carbonyl (C=O) groups is 4. The Morgan fingerprint density at radius 2 is 1.58 bits per heavy atom. The van der Waals surface area contributed by atoms with Crippen LogP contribution in [0, 0.1) is 0 Å². The minimum Gasteiger partial charge on any atom is -0.490 e. The van der Waals surface area contributed by atoms with Crippen molar-refractivity contribution in [1.82, 2.24) is 15.5 Å². The molecule has 1 aromatic carbocycles. The minimum absolute atomic E-state index is 0.0440.